The van der Waals surface area contributed by atoms with Gasteiger partial charge in [-0.3, -0.25) is 0 Å². The maximum Gasteiger partial charge on any atom is 0.134 e. The van der Waals surface area contributed by atoms with Crippen molar-refractivity contribution in [1.82, 2.24) is 15.0 Å². The number of ether oxygens (including phenoxy) is 1. The van der Waals surface area contributed by atoms with Crippen LogP contribution in [0.25, 0.3) is 5.69 Å². The van der Waals surface area contributed by atoms with E-state index in [-0.39, 0.29) is 0 Å². The van der Waals surface area contributed by atoms with Gasteiger partial charge in [-0.05, 0) is 34.7 Å². The molecule has 0 fully saturated rings. The summed E-state index contributed by atoms with van der Waals surface area (Å²) in [6.07, 6.45) is 3.29. The topological polar surface area (TPSA) is 39.9 Å². The number of benzene rings is 1. The molecule has 1 heterocycles. The highest BCUT2D eigenvalue weighted by atomic mass is 127. The first-order valence-corrected chi connectivity index (χ1v) is 5.09. The molecule has 0 aliphatic heterocycles. The normalized spacial score (nSPS) is 10.1. The number of halogens is 1. The highest BCUT2D eigenvalue weighted by Gasteiger charge is 2.03. The molecule has 0 aliphatic rings. The smallest absolute Gasteiger partial charge is 0.134 e. The average Bonchev–Trinajstić information content (AvgIpc) is 2.71. The van der Waals surface area contributed by atoms with Crippen LogP contribution in [0.2, 0.25) is 0 Å². The highest BCUT2D eigenvalue weighted by Crippen LogP contribution is 2.22. The van der Waals surface area contributed by atoms with Gasteiger partial charge in [0.2, 0.25) is 0 Å². The van der Waals surface area contributed by atoms with Gasteiger partial charge in [-0.15, -0.1) is 0 Å². The summed E-state index contributed by atoms with van der Waals surface area (Å²) in [5.41, 5.74) is 0.896. The summed E-state index contributed by atoms with van der Waals surface area (Å²) in [6.45, 7) is 0. The maximum atomic E-state index is 5.21. The summed E-state index contributed by atoms with van der Waals surface area (Å²) in [5, 5.41) is 8.08. The van der Waals surface area contributed by atoms with E-state index in [4.69, 9.17) is 4.74 Å². The Balaban J connectivity index is 2.46. The largest absolute Gasteiger partial charge is 0.496 e. The number of rotatable bonds is 2. The molecule has 0 unspecified atom stereocenters. The summed E-state index contributed by atoms with van der Waals surface area (Å²) >= 11 is 2.22. The lowest BCUT2D eigenvalue weighted by molar-refractivity contribution is 0.411. The molecule has 4 nitrogen and oxygen atoms in total. The van der Waals surface area contributed by atoms with E-state index in [9.17, 15) is 0 Å². The Kier molecular flexibility index (Phi) is 2.67. The van der Waals surface area contributed by atoms with Gasteiger partial charge in [-0.2, -0.15) is 15.0 Å². The van der Waals surface area contributed by atoms with Gasteiger partial charge in [0, 0.05) is 6.07 Å². The molecule has 72 valence electrons. The predicted molar refractivity (Wildman–Crippen MR) is 60.6 cm³/mol. The lowest BCUT2D eigenvalue weighted by atomic mass is 10.3. The van der Waals surface area contributed by atoms with Gasteiger partial charge >= 0.3 is 0 Å². The summed E-state index contributed by atoms with van der Waals surface area (Å²) in [7, 11) is 1.65. The fourth-order valence-corrected chi connectivity index (χ4v) is 1.68. The van der Waals surface area contributed by atoms with E-state index in [0.29, 0.717) is 0 Å². The van der Waals surface area contributed by atoms with E-state index in [1.807, 2.05) is 18.2 Å². The van der Waals surface area contributed by atoms with Crippen molar-refractivity contribution in [1.29, 1.82) is 0 Å². The maximum absolute atomic E-state index is 5.21. The molecule has 1 aromatic heterocycles. The quantitative estimate of drug-likeness (QED) is 0.795. The highest BCUT2D eigenvalue weighted by molar-refractivity contribution is 14.1. The summed E-state index contributed by atoms with van der Waals surface area (Å²) in [6, 6.07) is 5.82. The molecule has 0 saturated heterocycles. The zero-order valence-corrected chi connectivity index (χ0v) is 9.67. The van der Waals surface area contributed by atoms with Crippen LogP contribution in [0.15, 0.2) is 30.6 Å². The molecule has 0 N–H and O–H groups in total. The monoisotopic (exact) mass is 301 g/mol. The van der Waals surface area contributed by atoms with E-state index >= 15 is 0 Å². The molecule has 0 bridgehead atoms. The second-order valence-electron chi connectivity index (χ2n) is 2.64. The van der Waals surface area contributed by atoms with Gasteiger partial charge < -0.3 is 4.74 Å². The molecule has 0 radical (unpaired) electrons. The first-order valence-electron chi connectivity index (χ1n) is 4.01. The standard InChI is InChI=1S/C9H8IN3O/c1-14-9-6-7(2-3-8(9)10)13-11-4-5-12-13/h2-6H,1H3. The van der Waals surface area contributed by atoms with Crippen molar-refractivity contribution in [2.24, 2.45) is 0 Å². The summed E-state index contributed by atoms with van der Waals surface area (Å²) in [5.74, 6) is 0.834. The molecule has 14 heavy (non-hydrogen) atoms. The lowest BCUT2D eigenvalue weighted by Crippen LogP contribution is -1.99. The van der Waals surface area contributed by atoms with Crippen molar-refractivity contribution in [3.05, 3.63) is 34.2 Å². The third kappa shape index (κ3) is 1.72. The van der Waals surface area contributed by atoms with Crippen molar-refractivity contribution < 1.29 is 4.74 Å². The minimum atomic E-state index is 0.834. The first-order chi connectivity index (χ1) is 6.81. The second kappa shape index (κ2) is 3.95. The van der Waals surface area contributed by atoms with E-state index in [0.717, 1.165) is 15.0 Å². The van der Waals surface area contributed by atoms with Crippen molar-refractivity contribution in [3.63, 3.8) is 0 Å². The molecule has 2 aromatic rings. The molecule has 5 heteroatoms. The molecule has 0 aliphatic carbocycles. The van der Waals surface area contributed by atoms with Crippen LogP contribution in [0, 0.1) is 3.57 Å². The minimum absolute atomic E-state index is 0.834. The van der Waals surface area contributed by atoms with Crippen LogP contribution in [0.4, 0.5) is 0 Å². The minimum Gasteiger partial charge on any atom is -0.496 e. The van der Waals surface area contributed by atoms with Gasteiger partial charge in [-0.1, -0.05) is 0 Å². The molecule has 1 aromatic carbocycles. The Morgan fingerprint density at radius 3 is 2.64 bits per heavy atom. The Morgan fingerprint density at radius 1 is 1.29 bits per heavy atom. The van der Waals surface area contributed by atoms with Gasteiger partial charge in [-0.25, -0.2) is 0 Å². The summed E-state index contributed by atoms with van der Waals surface area (Å²) in [4.78, 5) is 1.55. The van der Waals surface area contributed by atoms with Crippen LogP contribution >= 0.6 is 22.6 Å². The zero-order chi connectivity index (χ0) is 9.97. The van der Waals surface area contributed by atoms with Gasteiger partial charge in [0.05, 0.1) is 28.8 Å². The van der Waals surface area contributed by atoms with Crippen LogP contribution in [0.3, 0.4) is 0 Å². The van der Waals surface area contributed by atoms with Crippen LogP contribution in [-0.2, 0) is 0 Å². The fourth-order valence-electron chi connectivity index (χ4n) is 1.12. The van der Waals surface area contributed by atoms with E-state index in [1.165, 1.54) is 0 Å². The Hall–Kier alpha value is -1.11. The Labute approximate surface area is 95.0 Å². The molecule has 0 spiro atoms. The predicted octanol–water partition coefficient (Wildman–Crippen LogP) is 1.88. The van der Waals surface area contributed by atoms with Gasteiger partial charge in [0.15, 0.2) is 0 Å². The third-order valence-corrected chi connectivity index (χ3v) is 2.68. The average molecular weight is 301 g/mol. The van der Waals surface area contributed by atoms with Crippen LogP contribution < -0.4 is 4.74 Å². The SMILES string of the molecule is COc1cc(-n2nccn2)ccc1I. The number of hydrogen-bond acceptors (Lipinski definition) is 3. The van der Waals surface area contributed by atoms with Crippen molar-refractivity contribution in [2.45, 2.75) is 0 Å². The van der Waals surface area contributed by atoms with Crippen molar-refractivity contribution >= 4 is 22.6 Å². The zero-order valence-electron chi connectivity index (χ0n) is 7.51. The van der Waals surface area contributed by atoms with Crippen molar-refractivity contribution in [2.75, 3.05) is 7.11 Å². The number of hydrogen-bond donors (Lipinski definition) is 0. The van der Waals surface area contributed by atoms with E-state index in [1.54, 1.807) is 24.3 Å². The lowest BCUT2D eigenvalue weighted by Gasteiger charge is -2.05. The number of methoxy groups -OCH3 is 1. The van der Waals surface area contributed by atoms with Crippen LogP contribution in [-0.4, -0.2) is 22.1 Å². The molecule has 0 atom stereocenters. The summed E-state index contributed by atoms with van der Waals surface area (Å²) < 4.78 is 6.28. The van der Waals surface area contributed by atoms with Crippen molar-refractivity contribution in [3.8, 4) is 11.4 Å². The van der Waals surface area contributed by atoms with Crippen LogP contribution in [0.1, 0.15) is 0 Å². The number of aromatic nitrogens is 3. The molecular formula is C9H8IN3O. The molecular weight excluding hydrogens is 293 g/mol. The van der Waals surface area contributed by atoms with E-state index in [2.05, 4.69) is 32.8 Å². The molecule has 2 rings (SSSR count). The first kappa shape index (κ1) is 9.45. The number of nitrogens with zero attached hydrogens (tertiary/aromatic N) is 3. The Morgan fingerprint density at radius 2 is 2.00 bits per heavy atom. The fraction of sp³-hybridized carbons (Fsp3) is 0.111. The second-order valence-corrected chi connectivity index (χ2v) is 3.80. The van der Waals surface area contributed by atoms with E-state index < -0.39 is 0 Å². The van der Waals surface area contributed by atoms with Gasteiger partial charge in [0.25, 0.3) is 0 Å². The van der Waals surface area contributed by atoms with Gasteiger partial charge in [0.1, 0.15) is 5.75 Å². The molecule has 0 amide bonds. The third-order valence-electron chi connectivity index (χ3n) is 1.78. The molecule has 0 saturated carbocycles. The Bertz CT molecular complexity index is 428. The van der Waals surface area contributed by atoms with Crippen LogP contribution in [0.5, 0.6) is 5.75 Å².